The molecule has 0 aromatic carbocycles. The fourth-order valence-corrected chi connectivity index (χ4v) is 3.27. The summed E-state index contributed by atoms with van der Waals surface area (Å²) in [5.41, 5.74) is 0.400. The van der Waals surface area contributed by atoms with Crippen LogP contribution in [-0.2, 0) is 4.74 Å². The Morgan fingerprint density at radius 2 is 2.16 bits per heavy atom. The molecule has 0 saturated heterocycles. The van der Waals surface area contributed by atoms with Gasteiger partial charge in [-0.3, -0.25) is 0 Å². The first-order valence-electron chi connectivity index (χ1n) is 7.71. The third-order valence-corrected chi connectivity index (χ3v) is 3.90. The highest BCUT2D eigenvalue weighted by Crippen LogP contribution is 2.39. The van der Waals surface area contributed by atoms with Crippen molar-refractivity contribution in [2.24, 2.45) is 11.3 Å². The lowest BCUT2D eigenvalue weighted by molar-refractivity contribution is -0.0245. The van der Waals surface area contributed by atoms with Gasteiger partial charge in [-0.25, -0.2) is 0 Å². The van der Waals surface area contributed by atoms with Crippen LogP contribution in [0.25, 0.3) is 0 Å². The molecular formula is C16H30N2O. The van der Waals surface area contributed by atoms with E-state index in [9.17, 15) is 0 Å². The van der Waals surface area contributed by atoms with E-state index in [4.69, 9.17) is 10.00 Å². The molecule has 0 radical (unpaired) electrons. The number of nitrogens with zero attached hydrogens (tertiary/aromatic N) is 1. The molecule has 3 nitrogen and oxygen atoms in total. The van der Waals surface area contributed by atoms with Crippen LogP contribution in [0.2, 0.25) is 0 Å². The number of nitriles is 1. The summed E-state index contributed by atoms with van der Waals surface area (Å²) in [6, 6.07) is 2.25. The average molecular weight is 266 g/mol. The average Bonchev–Trinajstić information content (AvgIpc) is 2.31. The monoisotopic (exact) mass is 266 g/mol. The number of ether oxygens (including phenoxy) is 1. The Balaban J connectivity index is 2.26. The zero-order valence-electron chi connectivity index (χ0n) is 13.0. The Labute approximate surface area is 118 Å². The van der Waals surface area contributed by atoms with Gasteiger partial charge in [-0.1, -0.05) is 27.7 Å². The molecule has 0 aliphatic heterocycles. The Hall–Kier alpha value is -0.590. The summed E-state index contributed by atoms with van der Waals surface area (Å²) in [5, 5.41) is 12.3. The first-order valence-corrected chi connectivity index (χ1v) is 7.71. The number of nitrogens with one attached hydrogen (secondary N) is 1. The highest BCUT2D eigenvalue weighted by molar-refractivity contribution is 4.89. The van der Waals surface area contributed by atoms with E-state index in [0.717, 1.165) is 31.7 Å². The standard InChI is InChI=1S/C16H30N2O/c1-5-7-18-14(12-17)6-8-19-15-9-13(2)10-16(3,4)11-15/h13-15,18H,5-11H2,1-4H3. The van der Waals surface area contributed by atoms with Gasteiger partial charge in [-0.05, 0) is 50.0 Å². The van der Waals surface area contributed by atoms with E-state index in [1.54, 1.807) is 0 Å². The van der Waals surface area contributed by atoms with Crippen molar-refractivity contribution in [3.05, 3.63) is 0 Å². The molecule has 0 aromatic heterocycles. The van der Waals surface area contributed by atoms with Crippen molar-refractivity contribution in [2.45, 2.75) is 71.9 Å². The number of rotatable bonds is 7. The zero-order valence-corrected chi connectivity index (χ0v) is 13.0. The quantitative estimate of drug-likeness (QED) is 0.767. The van der Waals surface area contributed by atoms with Crippen molar-refractivity contribution in [2.75, 3.05) is 13.2 Å². The van der Waals surface area contributed by atoms with E-state index in [1.165, 1.54) is 12.8 Å². The molecule has 0 aromatic rings. The van der Waals surface area contributed by atoms with E-state index >= 15 is 0 Å². The van der Waals surface area contributed by atoms with Crippen LogP contribution < -0.4 is 5.32 Å². The molecule has 0 spiro atoms. The molecule has 0 bridgehead atoms. The van der Waals surface area contributed by atoms with Gasteiger partial charge in [-0.15, -0.1) is 0 Å². The predicted octanol–water partition coefficient (Wildman–Crippen LogP) is 3.50. The van der Waals surface area contributed by atoms with Crippen LogP contribution in [0.1, 0.15) is 59.8 Å². The van der Waals surface area contributed by atoms with E-state index in [-0.39, 0.29) is 6.04 Å². The first kappa shape index (κ1) is 16.5. The summed E-state index contributed by atoms with van der Waals surface area (Å²) in [6.07, 6.45) is 5.85. The van der Waals surface area contributed by atoms with Crippen LogP contribution in [0, 0.1) is 22.7 Å². The molecule has 0 amide bonds. The summed E-state index contributed by atoms with van der Waals surface area (Å²) in [5.74, 6) is 0.749. The largest absolute Gasteiger partial charge is 0.378 e. The normalized spacial score (nSPS) is 27.7. The number of hydrogen-bond acceptors (Lipinski definition) is 3. The van der Waals surface area contributed by atoms with Gasteiger partial charge in [0, 0.05) is 6.61 Å². The third-order valence-electron chi connectivity index (χ3n) is 3.90. The first-order chi connectivity index (χ1) is 8.96. The van der Waals surface area contributed by atoms with Crippen molar-refractivity contribution in [3.63, 3.8) is 0 Å². The van der Waals surface area contributed by atoms with Gasteiger partial charge in [0.05, 0.1) is 18.2 Å². The highest BCUT2D eigenvalue weighted by atomic mass is 16.5. The van der Waals surface area contributed by atoms with Crippen LogP contribution in [-0.4, -0.2) is 25.3 Å². The van der Waals surface area contributed by atoms with Crippen LogP contribution in [0.4, 0.5) is 0 Å². The van der Waals surface area contributed by atoms with Gasteiger partial charge in [0.2, 0.25) is 0 Å². The van der Waals surface area contributed by atoms with Crippen molar-refractivity contribution in [3.8, 4) is 6.07 Å². The topological polar surface area (TPSA) is 45.0 Å². The minimum Gasteiger partial charge on any atom is -0.378 e. The van der Waals surface area contributed by atoms with Gasteiger partial charge in [0.1, 0.15) is 0 Å². The molecule has 0 heterocycles. The molecule has 1 aliphatic rings. The van der Waals surface area contributed by atoms with E-state index in [2.05, 4.69) is 39.1 Å². The minimum absolute atomic E-state index is 0.0611. The fourth-order valence-electron chi connectivity index (χ4n) is 3.27. The number of hydrogen-bond donors (Lipinski definition) is 1. The van der Waals surface area contributed by atoms with Crippen molar-refractivity contribution in [1.82, 2.24) is 5.32 Å². The van der Waals surface area contributed by atoms with E-state index < -0.39 is 0 Å². The lowest BCUT2D eigenvalue weighted by Gasteiger charge is -2.38. The lowest BCUT2D eigenvalue weighted by atomic mass is 9.71. The maximum absolute atomic E-state index is 9.05. The molecule has 1 saturated carbocycles. The molecule has 3 unspecified atom stereocenters. The second-order valence-electron chi connectivity index (χ2n) is 6.83. The van der Waals surface area contributed by atoms with Crippen LogP contribution in [0.15, 0.2) is 0 Å². The summed E-state index contributed by atoms with van der Waals surface area (Å²) in [6.45, 7) is 10.7. The smallest absolute Gasteiger partial charge is 0.0975 e. The SMILES string of the molecule is CCCNC(C#N)CCOC1CC(C)CC(C)(C)C1. The predicted molar refractivity (Wildman–Crippen MR) is 78.8 cm³/mol. The Morgan fingerprint density at radius 1 is 1.42 bits per heavy atom. The fraction of sp³-hybridized carbons (Fsp3) is 0.938. The minimum atomic E-state index is -0.0611. The molecule has 1 fully saturated rings. The van der Waals surface area contributed by atoms with E-state index in [0.29, 0.717) is 18.1 Å². The lowest BCUT2D eigenvalue weighted by Crippen LogP contribution is -2.34. The molecule has 3 atom stereocenters. The van der Waals surface area contributed by atoms with Gasteiger partial charge in [0.15, 0.2) is 0 Å². The molecule has 1 rings (SSSR count). The molecule has 3 heteroatoms. The third kappa shape index (κ3) is 6.40. The summed E-state index contributed by atoms with van der Waals surface area (Å²) in [4.78, 5) is 0. The van der Waals surface area contributed by atoms with Crippen LogP contribution in [0.3, 0.4) is 0 Å². The maximum Gasteiger partial charge on any atom is 0.0975 e. The van der Waals surface area contributed by atoms with Crippen molar-refractivity contribution in [1.29, 1.82) is 5.26 Å². The maximum atomic E-state index is 9.05. The van der Waals surface area contributed by atoms with Crippen molar-refractivity contribution < 1.29 is 4.74 Å². The Kier molecular flexibility index (Phi) is 6.82. The Bertz CT molecular complexity index is 296. The summed E-state index contributed by atoms with van der Waals surface area (Å²) < 4.78 is 6.01. The van der Waals surface area contributed by atoms with Gasteiger partial charge in [0.25, 0.3) is 0 Å². The molecule has 1 N–H and O–H groups in total. The van der Waals surface area contributed by atoms with Gasteiger partial charge >= 0.3 is 0 Å². The second kappa shape index (κ2) is 7.87. The zero-order chi connectivity index (χ0) is 14.3. The van der Waals surface area contributed by atoms with Crippen LogP contribution >= 0.6 is 0 Å². The van der Waals surface area contributed by atoms with E-state index in [1.807, 2.05) is 0 Å². The molecule has 110 valence electrons. The van der Waals surface area contributed by atoms with Crippen molar-refractivity contribution >= 4 is 0 Å². The van der Waals surface area contributed by atoms with Gasteiger partial charge < -0.3 is 10.1 Å². The molecular weight excluding hydrogens is 236 g/mol. The van der Waals surface area contributed by atoms with Gasteiger partial charge in [-0.2, -0.15) is 5.26 Å². The highest BCUT2D eigenvalue weighted by Gasteiger charge is 2.32. The summed E-state index contributed by atoms with van der Waals surface area (Å²) in [7, 11) is 0. The molecule has 1 aliphatic carbocycles. The Morgan fingerprint density at radius 3 is 2.74 bits per heavy atom. The molecule has 19 heavy (non-hydrogen) atoms. The van der Waals surface area contributed by atoms with Crippen LogP contribution in [0.5, 0.6) is 0 Å². The summed E-state index contributed by atoms with van der Waals surface area (Å²) >= 11 is 0. The second-order valence-corrected chi connectivity index (χ2v) is 6.83.